The Hall–Kier alpha value is -4.29. The number of aromatic nitrogens is 4. The second kappa shape index (κ2) is 11.4. The first-order valence-electron chi connectivity index (χ1n) is 12.9. The van der Waals surface area contributed by atoms with Crippen molar-refractivity contribution >= 4 is 22.3 Å². The number of benzene rings is 1. The van der Waals surface area contributed by atoms with Crippen LogP contribution >= 0.6 is 0 Å². The van der Waals surface area contributed by atoms with Crippen molar-refractivity contribution in [2.24, 2.45) is 0 Å². The number of nitriles is 1. The average molecular weight is 510 g/mol. The average Bonchev–Trinajstić information content (AvgIpc) is 2.94. The van der Waals surface area contributed by atoms with E-state index in [0.29, 0.717) is 40.8 Å². The summed E-state index contributed by atoms with van der Waals surface area (Å²) < 4.78 is 5.22. The zero-order valence-corrected chi connectivity index (χ0v) is 21.7. The number of anilines is 2. The molecule has 1 aromatic carbocycles. The number of ether oxygens (including phenoxy) is 1. The Morgan fingerprint density at radius 3 is 2.76 bits per heavy atom. The molecule has 0 spiro atoms. The van der Waals surface area contributed by atoms with Crippen LogP contribution in [0.25, 0.3) is 22.2 Å². The summed E-state index contributed by atoms with van der Waals surface area (Å²) in [6, 6.07) is 12.3. The molecule has 1 aliphatic heterocycles. The lowest BCUT2D eigenvalue weighted by Gasteiger charge is -2.32. The maximum atomic E-state index is 12.8. The van der Waals surface area contributed by atoms with Crippen molar-refractivity contribution in [3.05, 3.63) is 70.4 Å². The van der Waals surface area contributed by atoms with Crippen molar-refractivity contribution in [2.75, 3.05) is 32.1 Å². The first kappa shape index (κ1) is 25.4. The van der Waals surface area contributed by atoms with Gasteiger partial charge in [0.15, 0.2) is 0 Å². The molecule has 9 nitrogen and oxygen atoms in total. The van der Waals surface area contributed by atoms with Gasteiger partial charge >= 0.3 is 0 Å². The Balaban J connectivity index is 1.40. The summed E-state index contributed by atoms with van der Waals surface area (Å²) in [5.41, 5.74) is 4.38. The molecule has 194 valence electrons. The second-order valence-corrected chi connectivity index (χ2v) is 9.65. The molecule has 4 aromatic rings. The number of piperidine rings is 1. The number of aryl methyl sites for hydroxylation is 1. The molecule has 0 atom stereocenters. The first-order valence-corrected chi connectivity index (χ1v) is 12.9. The number of methoxy groups -OCH3 is 1. The summed E-state index contributed by atoms with van der Waals surface area (Å²) in [7, 11) is 1.54. The van der Waals surface area contributed by atoms with E-state index in [0.717, 1.165) is 50.0 Å². The summed E-state index contributed by atoms with van der Waals surface area (Å²) in [6.07, 6.45) is 8.59. The highest BCUT2D eigenvalue weighted by atomic mass is 16.5. The Labute approximate surface area is 221 Å². The summed E-state index contributed by atoms with van der Waals surface area (Å²) in [6.45, 7) is 5.27. The van der Waals surface area contributed by atoms with E-state index in [-0.39, 0.29) is 5.56 Å². The van der Waals surface area contributed by atoms with E-state index in [1.165, 1.54) is 17.3 Å². The van der Waals surface area contributed by atoms with E-state index in [1.54, 1.807) is 19.5 Å². The smallest absolute Gasteiger partial charge is 0.259 e. The normalized spacial score (nSPS) is 14.3. The predicted octanol–water partition coefficient (Wildman–Crippen LogP) is 4.92. The fourth-order valence-corrected chi connectivity index (χ4v) is 5.20. The quantitative estimate of drug-likeness (QED) is 0.321. The molecule has 0 aliphatic carbocycles. The van der Waals surface area contributed by atoms with Crippen LogP contribution in [-0.2, 0) is 0 Å². The Morgan fingerprint density at radius 1 is 1.16 bits per heavy atom. The summed E-state index contributed by atoms with van der Waals surface area (Å²) in [5, 5.41) is 13.4. The van der Waals surface area contributed by atoms with Crippen LogP contribution in [0.5, 0.6) is 5.88 Å². The van der Waals surface area contributed by atoms with E-state index in [9.17, 15) is 4.79 Å². The van der Waals surface area contributed by atoms with Crippen LogP contribution in [0, 0.1) is 18.3 Å². The van der Waals surface area contributed by atoms with Crippen LogP contribution in [-0.4, -0.2) is 51.6 Å². The van der Waals surface area contributed by atoms with Crippen molar-refractivity contribution in [1.29, 1.82) is 5.26 Å². The maximum absolute atomic E-state index is 12.8. The predicted molar refractivity (Wildman–Crippen MR) is 148 cm³/mol. The number of pyridine rings is 2. The van der Waals surface area contributed by atoms with Crippen molar-refractivity contribution in [2.45, 2.75) is 38.5 Å². The number of hydrogen-bond donors (Lipinski definition) is 2. The van der Waals surface area contributed by atoms with Crippen LogP contribution in [0.15, 0.2) is 53.7 Å². The third kappa shape index (κ3) is 5.50. The molecule has 0 saturated carbocycles. The van der Waals surface area contributed by atoms with Gasteiger partial charge in [0.2, 0.25) is 5.88 Å². The molecule has 1 aliphatic rings. The molecule has 1 saturated heterocycles. The summed E-state index contributed by atoms with van der Waals surface area (Å²) in [4.78, 5) is 31.4. The highest BCUT2D eigenvalue weighted by Crippen LogP contribution is 2.33. The van der Waals surface area contributed by atoms with Gasteiger partial charge in [-0.2, -0.15) is 5.26 Å². The van der Waals surface area contributed by atoms with Crippen molar-refractivity contribution in [3.63, 3.8) is 0 Å². The van der Waals surface area contributed by atoms with Crippen LogP contribution in [0.4, 0.5) is 11.5 Å². The molecule has 0 bridgehead atoms. The second-order valence-electron chi connectivity index (χ2n) is 9.65. The Bertz CT molecular complexity index is 1530. The fourth-order valence-electron chi connectivity index (χ4n) is 5.20. The molecular weight excluding hydrogens is 478 g/mol. The van der Waals surface area contributed by atoms with Crippen molar-refractivity contribution in [1.82, 2.24) is 24.8 Å². The SMILES string of the molecule is COc1cncc(-c2cc3cc[nH]c(=O)c3c(Nc3ccc(C4CCN(CCCC#N)CC4)c(C)c3)n2)n1. The number of nitrogens with one attached hydrogen (secondary N) is 2. The number of nitrogens with zero attached hydrogens (tertiary/aromatic N) is 5. The molecule has 4 heterocycles. The number of unbranched alkanes of at least 4 members (excludes halogenated alkanes) is 1. The summed E-state index contributed by atoms with van der Waals surface area (Å²) >= 11 is 0. The number of fused-ring (bicyclic) bond motifs is 1. The topological polar surface area (TPSA) is 120 Å². The lowest BCUT2D eigenvalue weighted by atomic mass is 9.86. The number of H-pyrrole nitrogens is 1. The standard InChI is InChI=1S/C29H31N7O2/c1-19-15-22(5-6-23(19)20-8-13-36(14-9-20)12-4-3-10-30)33-28-27-21(7-11-32-29(27)37)16-24(35-28)25-17-31-18-26(34-25)38-2/h5-7,11,15-18,20H,3-4,8-9,12-14H2,1-2H3,(H,32,37)(H,33,35). The maximum Gasteiger partial charge on any atom is 0.259 e. The van der Waals surface area contributed by atoms with Gasteiger partial charge in [-0.15, -0.1) is 0 Å². The molecule has 0 unspecified atom stereocenters. The van der Waals surface area contributed by atoms with E-state index >= 15 is 0 Å². The Morgan fingerprint density at radius 2 is 2.00 bits per heavy atom. The van der Waals surface area contributed by atoms with Gasteiger partial charge in [-0.3, -0.25) is 9.78 Å². The first-order chi connectivity index (χ1) is 18.6. The molecule has 0 radical (unpaired) electrons. The molecule has 9 heteroatoms. The van der Waals surface area contributed by atoms with Gasteiger partial charge in [0.05, 0.1) is 36.7 Å². The minimum absolute atomic E-state index is 0.212. The monoisotopic (exact) mass is 509 g/mol. The van der Waals surface area contributed by atoms with Crippen molar-refractivity contribution in [3.8, 4) is 23.3 Å². The van der Waals surface area contributed by atoms with E-state index in [4.69, 9.17) is 15.0 Å². The molecular formula is C29H31N7O2. The molecule has 3 aromatic heterocycles. The largest absolute Gasteiger partial charge is 0.480 e. The number of aromatic amines is 1. The van der Waals surface area contributed by atoms with Crippen LogP contribution in [0.3, 0.4) is 0 Å². The van der Waals surface area contributed by atoms with Gasteiger partial charge in [0.25, 0.3) is 5.56 Å². The van der Waals surface area contributed by atoms with Crippen LogP contribution < -0.4 is 15.6 Å². The van der Waals surface area contributed by atoms with Gasteiger partial charge in [-0.1, -0.05) is 6.07 Å². The number of rotatable bonds is 8. The lowest BCUT2D eigenvalue weighted by Crippen LogP contribution is -2.33. The molecule has 5 rings (SSSR count). The van der Waals surface area contributed by atoms with Crippen LogP contribution in [0.2, 0.25) is 0 Å². The highest BCUT2D eigenvalue weighted by molar-refractivity contribution is 5.94. The van der Waals surface area contributed by atoms with E-state index in [1.807, 2.05) is 12.1 Å². The third-order valence-electron chi connectivity index (χ3n) is 7.16. The Kier molecular flexibility index (Phi) is 7.61. The van der Waals surface area contributed by atoms with E-state index in [2.05, 4.69) is 56.4 Å². The van der Waals surface area contributed by atoms with Gasteiger partial charge in [-0.05, 0) is 92.5 Å². The minimum atomic E-state index is -0.212. The van der Waals surface area contributed by atoms with Gasteiger partial charge in [0.1, 0.15) is 11.5 Å². The lowest BCUT2D eigenvalue weighted by molar-refractivity contribution is 0.210. The number of likely N-dealkylation sites (tertiary alicyclic amines) is 1. The molecule has 0 amide bonds. The minimum Gasteiger partial charge on any atom is -0.480 e. The van der Waals surface area contributed by atoms with Crippen LogP contribution in [0.1, 0.15) is 42.7 Å². The fraction of sp³-hybridized carbons (Fsp3) is 0.345. The summed E-state index contributed by atoms with van der Waals surface area (Å²) in [5.74, 6) is 1.37. The van der Waals surface area contributed by atoms with Gasteiger partial charge in [-0.25, -0.2) is 9.97 Å². The van der Waals surface area contributed by atoms with Crippen molar-refractivity contribution < 1.29 is 4.74 Å². The van der Waals surface area contributed by atoms with Gasteiger partial charge in [0, 0.05) is 18.3 Å². The third-order valence-corrected chi connectivity index (χ3v) is 7.16. The zero-order chi connectivity index (χ0) is 26.5. The van der Waals surface area contributed by atoms with Gasteiger partial charge < -0.3 is 19.9 Å². The zero-order valence-electron chi connectivity index (χ0n) is 21.7. The highest BCUT2D eigenvalue weighted by Gasteiger charge is 2.22. The number of hydrogen-bond acceptors (Lipinski definition) is 8. The molecule has 38 heavy (non-hydrogen) atoms. The molecule has 1 fully saturated rings. The molecule has 2 N–H and O–H groups in total. The van der Waals surface area contributed by atoms with E-state index < -0.39 is 0 Å².